The average Bonchev–Trinajstić information content (AvgIpc) is 3.26. The van der Waals surface area contributed by atoms with E-state index in [-0.39, 0.29) is 6.10 Å². The van der Waals surface area contributed by atoms with Crippen molar-refractivity contribution in [3.05, 3.63) is 90.0 Å². The molecule has 156 valence electrons. The van der Waals surface area contributed by atoms with Gasteiger partial charge in [0.15, 0.2) is 9.84 Å². The van der Waals surface area contributed by atoms with Crippen LogP contribution in [0.4, 0.5) is 0 Å². The second kappa shape index (κ2) is 8.50. The van der Waals surface area contributed by atoms with Crippen LogP contribution in [-0.2, 0) is 14.6 Å². The quantitative estimate of drug-likeness (QED) is 0.572. The first-order chi connectivity index (χ1) is 14.5. The van der Waals surface area contributed by atoms with E-state index >= 15 is 0 Å². The van der Waals surface area contributed by atoms with Crippen molar-refractivity contribution in [1.29, 1.82) is 0 Å². The van der Waals surface area contributed by atoms with Gasteiger partial charge in [-0.2, -0.15) is 0 Å². The van der Waals surface area contributed by atoms with Crippen LogP contribution >= 0.6 is 0 Å². The SMILES string of the molecule is COc1ccc([C@H]2O[C@@H](c3ccccc3)C[C@@H]2S(=O)(=O)c2ccccc2)c(OC)c1. The highest BCUT2D eigenvalue weighted by atomic mass is 32.2. The van der Waals surface area contributed by atoms with Crippen molar-refractivity contribution in [1.82, 2.24) is 0 Å². The van der Waals surface area contributed by atoms with Crippen LogP contribution in [0.3, 0.4) is 0 Å². The molecule has 1 aliphatic heterocycles. The molecule has 1 saturated heterocycles. The molecule has 0 amide bonds. The molecule has 1 aliphatic rings. The summed E-state index contributed by atoms with van der Waals surface area (Å²) in [5, 5.41) is -0.743. The molecule has 0 spiro atoms. The molecule has 1 heterocycles. The van der Waals surface area contributed by atoms with Gasteiger partial charge in [-0.05, 0) is 36.2 Å². The van der Waals surface area contributed by atoms with E-state index < -0.39 is 21.2 Å². The summed E-state index contributed by atoms with van der Waals surface area (Å²) in [4.78, 5) is 0.296. The minimum absolute atomic E-state index is 0.296. The lowest BCUT2D eigenvalue weighted by molar-refractivity contribution is 0.0433. The van der Waals surface area contributed by atoms with Crippen LogP contribution in [0.5, 0.6) is 11.5 Å². The van der Waals surface area contributed by atoms with E-state index in [1.165, 1.54) is 0 Å². The molecule has 0 bridgehead atoms. The molecular formula is C24H24O5S. The van der Waals surface area contributed by atoms with Gasteiger partial charge in [0.2, 0.25) is 0 Å². The monoisotopic (exact) mass is 424 g/mol. The minimum atomic E-state index is -3.63. The van der Waals surface area contributed by atoms with Crippen LogP contribution in [0.2, 0.25) is 0 Å². The fourth-order valence-electron chi connectivity index (χ4n) is 3.94. The summed E-state index contributed by atoms with van der Waals surface area (Å²) < 4.78 is 44.4. The normalized spacial score (nSPS) is 21.3. The Bertz CT molecular complexity index is 1100. The van der Waals surface area contributed by atoms with Gasteiger partial charge in [0, 0.05) is 11.6 Å². The maximum absolute atomic E-state index is 13.6. The number of hydrogen-bond donors (Lipinski definition) is 0. The number of methoxy groups -OCH3 is 2. The van der Waals surface area contributed by atoms with Crippen LogP contribution in [0, 0.1) is 0 Å². The van der Waals surface area contributed by atoms with E-state index in [0.717, 1.165) is 5.56 Å². The van der Waals surface area contributed by atoms with Gasteiger partial charge in [0.25, 0.3) is 0 Å². The van der Waals surface area contributed by atoms with Crippen molar-refractivity contribution in [3.63, 3.8) is 0 Å². The third-order valence-electron chi connectivity index (χ3n) is 5.48. The lowest BCUT2D eigenvalue weighted by atomic mass is 10.0. The Kier molecular flexibility index (Phi) is 5.79. The van der Waals surface area contributed by atoms with Gasteiger partial charge in [-0.15, -0.1) is 0 Å². The zero-order chi connectivity index (χ0) is 21.1. The van der Waals surface area contributed by atoms with Crippen LogP contribution < -0.4 is 9.47 Å². The van der Waals surface area contributed by atoms with Gasteiger partial charge in [-0.1, -0.05) is 48.5 Å². The topological polar surface area (TPSA) is 61.8 Å². The van der Waals surface area contributed by atoms with Gasteiger partial charge in [0.1, 0.15) is 17.6 Å². The number of hydrogen-bond acceptors (Lipinski definition) is 5. The Morgan fingerprint density at radius 1 is 0.867 bits per heavy atom. The maximum atomic E-state index is 13.6. The first kappa shape index (κ1) is 20.4. The summed E-state index contributed by atoms with van der Waals surface area (Å²) >= 11 is 0. The van der Waals surface area contributed by atoms with Gasteiger partial charge >= 0.3 is 0 Å². The molecule has 4 rings (SSSR count). The third kappa shape index (κ3) is 3.80. The smallest absolute Gasteiger partial charge is 0.184 e. The molecule has 0 aliphatic carbocycles. The summed E-state index contributed by atoms with van der Waals surface area (Å²) in [5.74, 6) is 1.18. The Labute approximate surface area is 177 Å². The van der Waals surface area contributed by atoms with Crippen LogP contribution in [-0.4, -0.2) is 27.9 Å². The third-order valence-corrected chi connectivity index (χ3v) is 7.65. The standard InChI is InChI=1S/C24H24O5S/c1-27-18-13-14-20(22(15-18)28-2)24-23(30(25,26)19-11-7-4-8-12-19)16-21(29-24)17-9-5-3-6-10-17/h3-15,21,23-24H,16H2,1-2H3/t21-,23+,24-/m1/s1. The molecule has 0 radical (unpaired) electrons. The van der Waals surface area contributed by atoms with Crippen LogP contribution in [0.1, 0.15) is 29.8 Å². The number of benzene rings is 3. The highest BCUT2D eigenvalue weighted by Crippen LogP contribution is 2.48. The molecule has 6 heteroatoms. The van der Waals surface area contributed by atoms with Gasteiger partial charge in [-0.3, -0.25) is 0 Å². The Morgan fingerprint density at radius 3 is 2.17 bits per heavy atom. The Balaban J connectivity index is 1.79. The van der Waals surface area contributed by atoms with E-state index in [2.05, 4.69) is 0 Å². The Hall–Kier alpha value is -2.83. The molecule has 0 saturated carbocycles. The molecule has 30 heavy (non-hydrogen) atoms. The van der Waals surface area contributed by atoms with E-state index in [1.807, 2.05) is 36.4 Å². The highest BCUT2D eigenvalue weighted by Gasteiger charge is 2.46. The van der Waals surface area contributed by atoms with Crippen molar-refractivity contribution in [3.8, 4) is 11.5 Å². The molecule has 3 atom stereocenters. The zero-order valence-corrected chi connectivity index (χ0v) is 17.7. The molecule has 0 aromatic heterocycles. The predicted molar refractivity (Wildman–Crippen MR) is 115 cm³/mol. The number of ether oxygens (including phenoxy) is 3. The summed E-state index contributed by atoms with van der Waals surface area (Å²) in [6.45, 7) is 0. The zero-order valence-electron chi connectivity index (χ0n) is 16.9. The second-order valence-corrected chi connectivity index (χ2v) is 9.36. The first-order valence-electron chi connectivity index (χ1n) is 9.76. The largest absolute Gasteiger partial charge is 0.497 e. The molecular weight excluding hydrogens is 400 g/mol. The van der Waals surface area contributed by atoms with Gasteiger partial charge in [0.05, 0.1) is 30.5 Å². The fraction of sp³-hybridized carbons (Fsp3) is 0.250. The highest BCUT2D eigenvalue weighted by molar-refractivity contribution is 7.92. The number of rotatable bonds is 6. The lowest BCUT2D eigenvalue weighted by Crippen LogP contribution is -2.25. The van der Waals surface area contributed by atoms with Crippen molar-refractivity contribution in [2.45, 2.75) is 28.8 Å². The fourth-order valence-corrected chi connectivity index (χ4v) is 5.79. The van der Waals surface area contributed by atoms with Gasteiger partial charge < -0.3 is 14.2 Å². The molecule has 3 aromatic carbocycles. The van der Waals surface area contributed by atoms with Crippen LogP contribution in [0.25, 0.3) is 0 Å². The molecule has 0 N–H and O–H groups in total. The number of sulfone groups is 1. The minimum Gasteiger partial charge on any atom is -0.497 e. The maximum Gasteiger partial charge on any atom is 0.184 e. The average molecular weight is 425 g/mol. The summed E-state index contributed by atoms with van der Waals surface area (Å²) in [6.07, 6.45) is -0.631. The molecule has 1 fully saturated rings. The molecule has 3 aromatic rings. The summed E-state index contributed by atoms with van der Waals surface area (Å²) in [5.41, 5.74) is 1.65. The first-order valence-corrected chi connectivity index (χ1v) is 11.3. The predicted octanol–water partition coefficient (Wildman–Crippen LogP) is 4.75. The summed E-state index contributed by atoms with van der Waals surface area (Å²) in [6, 6.07) is 23.6. The molecule has 5 nitrogen and oxygen atoms in total. The van der Waals surface area contributed by atoms with Crippen molar-refractivity contribution in [2.24, 2.45) is 0 Å². The van der Waals surface area contributed by atoms with Gasteiger partial charge in [-0.25, -0.2) is 8.42 Å². The lowest BCUT2D eigenvalue weighted by Gasteiger charge is -2.22. The van der Waals surface area contributed by atoms with E-state index in [4.69, 9.17) is 14.2 Å². The summed E-state index contributed by atoms with van der Waals surface area (Å²) in [7, 11) is -0.493. The van der Waals surface area contributed by atoms with Crippen molar-refractivity contribution in [2.75, 3.05) is 14.2 Å². The second-order valence-electron chi connectivity index (χ2n) is 7.20. The van der Waals surface area contributed by atoms with E-state index in [0.29, 0.717) is 28.4 Å². The van der Waals surface area contributed by atoms with Crippen LogP contribution in [0.15, 0.2) is 83.8 Å². The van der Waals surface area contributed by atoms with Crippen molar-refractivity contribution >= 4 is 9.84 Å². The molecule has 0 unspecified atom stereocenters. The Morgan fingerprint density at radius 2 is 1.53 bits per heavy atom. The van der Waals surface area contributed by atoms with Crippen molar-refractivity contribution < 1.29 is 22.6 Å². The van der Waals surface area contributed by atoms with E-state index in [9.17, 15) is 8.42 Å². The van der Waals surface area contributed by atoms with E-state index in [1.54, 1.807) is 56.7 Å².